The summed E-state index contributed by atoms with van der Waals surface area (Å²) in [4.78, 5) is 14.3. The number of nitrogens with zero attached hydrogens (tertiary/aromatic N) is 4. The lowest BCUT2D eigenvalue weighted by molar-refractivity contribution is 0.0515. The summed E-state index contributed by atoms with van der Waals surface area (Å²) in [6.45, 7) is 9.22. The first-order chi connectivity index (χ1) is 18.0. The molecule has 0 spiro atoms. The van der Waals surface area contributed by atoms with Gasteiger partial charge >= 0.3 is 0 Å². The van der Waals surface area contributed by atoms with Crippen LogP contribution in [0.1, 0.15) is 38.2 Å². The number of rotatable bonds is 6. The topological polar surface area (TPSA) is 74.8 Å². The SMILES string of the molecule is C[C@H]1CCCN(c2cc(N3CCOCC3)nc(NC(=S)NCC3(c4ccc(F)cc4)CCOCC3)n2)C1. The Bertz CT molecular complexity index is 1060. The van der Waals surface area contributed by atoms with Gasteiger partial charge in [0.25, 0.3) is 0 Å². The zero-order chi connectivity index (χ0) is 25.7. The van der Waals surface area contributed by atoms with Gasteiger partial charge in [-0.1, -0.05) is 19.1 Å². The van der Waals surface area contributed by atoms with Gasteiger partial charge in [-0.25, -0.2) is 4.39 Å². The largest absolute Gasteiger partial charge is 0.381 e. The minimum absolute atomic E-state index is 0.177. The van der Waals surface area contributed by atoms with Crippen LogP contribution >= 0.6 is 12.2 Å². The standard InChI is InChI=1S/C27H37FN6O2S/c1-20-3-2-10-34(18-20)24-17-23(33-11-15-36-16-12-33)30-25(31-24)32-26(37)29-19-27(8-13-35-14-9-27)21-4-6-22(28)7-5-21/h4-7,17,20H,2-3,8-16,18-19H2,1H3,(H2,29,30,31,32,37)/t20-/m0/s1. The number of hydrogen-bond donors (Lipinski definition) is 2. The first kappa shape index (κ1) is 26.1. The van der Waals surface area contributed by atoms with Gasteiger partial charge in [-0.3, -0.25) is 0 Å². The van der Waals surface area contributed by atoms with Crippen LogP contribution < -0.4 is 20.4 Å². The third-order valence-electron chi connectivity index (χ3n) is 7.73. The van der Waals surface area contributed by atoms with Crippen LogP contribution in [-0.4, -0.2) is 74.2 Å². The molecule has 0 saturated carbocycles. The molecule has 1 aromatic heterocycles. The highest BCUT2D eigenvalue weighted by Gasteiger charge is 2.34. The first-order valence-electron chi connectivity index (χ1n) is 13.4. The molecule has 3 saturated heterocycles. The molecule has 10 heteroatoms. The Balaban J connectivity index is 1.32. The quantitative estimate of drug-likeness (QED) is 0.546. The van der Waals surface area contributed by atoms with E-state index < -0.39 is 0 Å². The molecule has 1 aromatic carbocycles. The van der Waals surface area contributed by atoms with Gasteiger partial charge in [-0.2, -0.15) is 9.97 Å². The lowest BCUT2D eigenvalue weighted by Crippen LogP contribution is -2.45. The van der Waals surface area contributed by atoms with E-state index in [1.54, 1.807) is 0 Å². The van der Waals surface area contributed by atoms with Crippen molar-refractivity contribution in [1.29, 1.82) is 0 Å². The second kappa shape index (κ2) is 11.9. The Hall–Kier alpha value is -2.56. The Morgan fingerprint density at radius 1 is 1.03 bits per heavy atom. The number of ether oxygens (including phenoxy) is 2. The molecule has 8 nitrogen and oxygen atoms in total. The van der Waals surface area contributed by atoms with Crippen LogP contribution in [0.15, 0.2) is 30.3 Å². The van der Waals surface area contributed by atoms with E-state index in [0.717, 1.165) is 62.6 Å². The smallest absolute Gasteiger partial charge is 0.232 e. The number of hydrogen-bond acceptors (Lipinski definition) is 7. The third-order valence-corrected chi connectivity index (χ3v) is 7.98. The Morgan fingerprint density at radius 3 is 2.41 bits per heavy atom. The molecule has 0 bridgehead atoms. The molecule has 0 unspecified atom stereocenters. The van der Waals surface area contributed by atoms with Crippen LogP contribution in [0.3, 0.4) is 0 Å². The lowest BCUT2D eigenvalue weighted by atomic mass is 9.74. The average Bonchev–Trinajstić information content (AvgIpc) is 2.93. The summed E-state index contributed by atoms with van der Waals surface area (Å²) in [5.74, 6) is 2.73. The molecule has 0 aliphatic carbocycles. The minimum atomic E-state index is -0.229. The molecular weight excluding hydrogens is 491 g/mol. The average molecular weight is 529 g/mol. The second-order valence-electron chi connectivity index (χ2n) is 10.4. The Kier molecular flexibility index (Phi) is 8.36. The summed E-state index contributed by atoms with van der Waals surface area (Å²) >= 11 is 5.70. The number of aromatic nitrogens is 2. The van der Waals surface area contributed by atoms with E-state index in [1.165, 1.54) is 18.6 Å². The molecule has 3 aliphatic rings. The number of thiocarbonyl (C=S) groups is 1. The number of halogens is 1. The number of nitrogens with one attached hydrogen (secondary N) is 2. The molecule has 2 aromatic rings. The van der Waals surface area contributed by atoms with E-state index in [0.29, 0.717) is 50.0 Å². The van der Waals surface area contributed by atoms with Crippen LogP contribution in [0.5, 0.6) is 0 Å². The molecule has 4 heterocycles. The van der Waals surface area contributed by atoms with Crippen molar-refractivity contribution in [3.05, 3.63) is 41.7 Å². The van der Waals surface area contributed by atoms with Crippen molar-refractivity contribution in [2.24, 2.45) is 5.92 Å². The van der Waals surface area contributed by atoms with Crippen LogP contribution in [0.2, 0.25) is 0 Å². The van der Waals surface area contributed by atoms with Crippen molar-refractivity contribution in [3.8, 4) is 0 Å². The molecule has 0 radical (unpaired) electrons. The van der Waals surface area contributed by atoms with Crippen LogP contribution in [0.4, 0.5) is 22.0 Å². The van der Waals surface area contributed by atoms with Crippen molar-refractivity contribution in [2.45, 2.75) is 38.0 Å². The highest BCUT2D eigenvalue weighted by molar-refractivity contribution is 7.80. The molecule has 0 amide bonds. The zero-order valence-corrected chi connectivity index (χ0v) is 22.4. The van der Waals surface area contributed by atoms with Crippen LogP contribution in [-0.2, 0) is 14.9 Å². The molecule has 200 valence electrons. The highest BCUT2D eigenvalue weighted by atomic mass is 32.1. The monoisotopic (exact) mass is 528 g/mol. The van der Waals surface area contributed by atoms with Crippen LogP contribution in [0.25, 0.3) is 0 Å². The molecule has 3 fully saturated rings. The van der Waals surface area contributed by atoms with Crippen molar-refractivity contribution in [3.63, 3.8) is 0 Å². The lowest BCUT2D eigenvalue weighted by Gasteiger charge is -2.38. The van der Waals surface area contributed by atoms with Crippen molar-refractivity contribution >= 4 is 34.9 Å². The van der Waals surface area contributed by atoms with E-state index in [1.807, 2.05) is 12.1 Å². The normalized spacial score (nSPS) is 21.9. The molecule has 3 aliphatic heterocycles. The van der Waals surface area contributed by atoms with Crippen LogP contribution in [0, 0.1) is 11.7 Å². The van der Waals surface area contributed by atoms with Gasteiger partial charge in [0.1, 0.15) is 17.5 Å². The Morgan fingerprint density at radius 2 is 1.70 bits per heavy atom. The van der Waals surface area contributed by atoms with Crippen molar-refractivity contribution < 1.29 is 13.9 Å². The van der Waals surface area contributed by atoms with Gasteiger partial charge in [0.2, 0.25) is 5.95 Å². The maximum atomic E-state index is 13.6. The number of anilines is 3. The zero-order valence-electron chi connectivity index (χ0n) is 21.5. The summed E-state index contributed by atoms with van der Waals surface area (Å²) < 4.78 is 24.8. The van der Waals surface area contributed by atoms with Gasteiger partial charge < -0.3 is 29.9 Å². The molecular formula is C27H37FN6O2S. The Labute approximate surface area is 223 Å². The van der Waals surface area contributed by atoms with Crippen molar-refractivity contribution in [1.82, 2.24) is 15.3 Å². The van der Waals surface area contributed by atoms with E-state index in [4.69, 9.17) is 31.7 Å². The summed E-state index contributed by atoms with van der Waals surface area (Å²) in [6.07, 6.45) is 4.09. The summed E-state index contributed by atoms with van der Waals surface area (Å²) in [5.41, 5.74) is 0.920. The number of piperidine rings is 1. The van der Waals surface area contributed by atoms with E-state index >= 15 is 0 Å². The maximum Gasteiger partial charge on any atom is 0.232 e. The minimum Gasteiger partial charge on any atom is -0.381 e. The fraction of sp³-hybridized carbons (Fsp3) is 0.593. The molecule has 5 rings (SSSR count). The summed E-state index contributed by atoms with van der Waals surface area (Å²) in [7, 11) is 0. The van der Waals surface area contributed by atoms with Gasteiger partial charge in [0.05, 0.1) is 13.2 Å². The number of morpholine rings is 1. The van der Waals surface area contributed by atoms with Crippen molar-refractivity contribution in [2.75, 3.05) is 74.3 Å². The number of benzene rings is 1. The first-order valence-corrected chi connectivity index (χ1v) is 13.8. The van der Waals surface area contributed by atoms with E-state index in [2.05, 4.69) is 33.4 Å². The van der Waals surface area contributed by atoms with E-state index in [9.17, 15) is 4.39 Å². The predicted octanol–water partition coefficient (Wildman–Crippen LogP) is 3.72. The van der Waals surface area contributed by atoms with Gasteiger partial charge in [0.15, 0.2) is 5.11 Å². The molecule has 37 heavy (non-hydrogen) atoms. The van der Waals surface area contributed by atoms with Gasteiger partial charge in [0, 0.05) is 57.4 Å². The third kappa shape index (κ3) is 6.48. The molecule has 1 atom stereocenters. The predicted molar refractivity (Wildman–Crippen MR) is 148 cm³/mol. The van der Waals surface area contributed by atoms with Gasteiger partial charge in [-0.05, 0) is 61.5 Å². The summed E-state index contributed by atoms with van der Waals surface area (Å²) in [6, 6.07) is 8.89. The second-order valence-corrected chi connectivity index (χ2v) is 10.8. The fourth-order valence-electron chi connectivity index (χ4n) is 5.52. The maximum absolute atomic E-state index is 13.6. The van der Waals surface area contributed by atoms with E-state index in [-0.39, 0.29) is 11.2 Å². The fourth-order valence-corrected chi connectivity index (χ4v) is 5.68. The van der Waals surface area contributed by atoms with Gasteiger partial charge in [-0.15, -0.1) is 0 Å². The molecule has 2 N–H and O–H groups in total. The summed E-state index contributed by atoms with van der Waals surface area (Å²) in [5, 5.41) is 7.13. The highest BCUT2D eigenvalue weighted by Crippen LogP contribution is 2.34.